The van der Waals surface area contributed by atoms with E-state index in [4.69, 9.17) is 4.74 Å². The van der Waals surface area contributed by atoms with Gasteiger partial charge in [0, 0.05) is 4.43 Å². The Balaban J connectivity index is 1.94. The summed E-state index contributed by atoms with van der Waals surface area (Å²) in [7, 11) is 0. The summed E-state index contributed by atoms with van der Waals surface area (Å²) >= 11 is 2.32. The molecule has 2 nitrogen and oxygen atoms in total. The highest BCUT2D eigenvalue weighted by Gasteiger charge is 2.28. The van der Waals surface area contributed by atoms with Gasteiger partial charge in [-0.1, -0.05) is 72.6 Å². The van der Waals surface area contributed by atoms with Gasteiger partial charge in [-0.15, -0.1) is 0 Å². The van der Waals surface area contributed by atoms with Crippen LogP contribution < -0.4 is 4.74 Å². The first kappa shape index (κ1) is 15.8. The van der Waals surface area contributed by atoms with Crippen LogP contribution in [0.5, 0.6) is 5.75 Å². The second-order valence-corrected chi connectivity index (χ2v) is 6.44. The molecule has 0 heterocycles. The minimum absolute atomic E-state index is 0.409. The van der Waals surface area contributed by atoms with E-state index in [0.29, 0.717) is 6.61 Å². The van der Waals surface area contributed by atoms with Crippen molar-refractivity contribution in [3.8, 4) is 5.75 Å². The van der Waals surface area contributed by atoms with E-state index in [1.54, 1.807) is 0 Å². The lowest BCUT2D eigenvalue weighted by atomic mass is 9.96. The maximum absolute atomic E-state index is 10.6. The smallest absolute Gasteiger partial charge is 0.120 e. The highest BCUT2D eigenvalue weighted by Crippen LogP contribution is 2.28. The van der Waals surface area contributed by atoms with Crippen molar-refractivity contribution in [2.45, 2.75) is 44.1 Å². The van der Waals surface area contributed by atoms with E-state index in [9.17, 15) is 5.11 Å². The van der Waals surface area contributed by atoms with Crippen LogP contribution in [0.1, 0.15) is 44.1 Å². The molecule has 0 spiro atoms. The van der Waals surface area contributed by atoms with Crippen molar-refractivity contribution in [2.75, 3.05) is 11.0 Å². The quantitative estimate of drug-likeness (QED) is 0.455. The molecule has 1 aliphatic rings. The van der Waals surface area contributed by atoms with E-state index in [2.05, 4.69) is 40.8 Å². The monoisotopic (exact) mass is 386 g/mol. The van der Waals surface area contributed by atoms with Crippen LogP contribution in [0.4, 0.5) is 0 Å². The SMILES string of the molecule is OC1(COc2cccc(/C=C/CI)c2)CCCCCC1. The molecule has 110 valence electrons. The first-order valence-electron chi connectivity index (χ1n) is 7.40. The Morgan fingerprint density at radius 1 is 1.20 bits per heavy atom. The van der Waals surface area contributed by atoms with E-state index in [0.717, 1.165) is 41.4 Å². The number of aliphatic hydroxyl groups is 1. The van der Waals surface area contributed by atoms with Crippen molar-refractivity contribution in [1.29, 1.82) is 0 Å². The average molecular weight is 386 g/mol. The molecule has 1 saturated carbocycles. The second kappa shape index (κ2) is 8.03. The van der Waals surface area contributed by atoms with Crippen LogP contribution in [-0.4, -0.2) is 21.7 Å². The third-order valence-corrected chi connectivity index (χ3v) is 4.31. The predicted octanol–water partition coefficient (Wildman–Crippen LogP) is 4.60. The maximum Gasteiger partial charge on any atom is 0.120 e. The van der Waals surface area contributed by atoms with Crippen LogP contribution >= 0.6 is 22.6 Å². The third kappa shape index (κ3) is 5.09. The van der Waals surface area contributed by atoms with Crippen LogP contribution in [0.15, 0.2) is 30.3 Å². The van der Waals surface area contributed by atoms with E-state index in [1.165, 1.54) is 12.8 Å². The van der Waals surface area contributed by atoms with Gasteiger partial charge in [0.05, 0.1) is 5.60 Å². The fourth-order valence-corrected chi connectivity index (χ4v) is 2.89. The van der Waals surface area contributed by atoms with Gasteiger partial charge in [-0.2, -0.15) is 0 Å². The minimum atomic E-state index is -0.634. The molecule has 1 aliphatic carbocycles. The summed E-state index contributed by atoms with van der Waals surface area (Å²) in [5, 5.41) is 10.6. The van der Waals surface area contributed by atoms with Gasteiger partial charge in [0.25, 0.3) is 0 Å². The molecule has 0 atom stereocenters. The second-order valence-electron chi connectivity index (χ2n) is 5.56. The molecule has 1 aromatic carbocycles. The third-order valence-electron chi connectivity index (χ3n) is 3.80. The highest BCUT2D eigenvalue weighted by atomic mass is 127. The van der Waals surface area contributed by atoms with Crippen molar-refractivity contribution in [2.24, 2.45) is 0 Å². The van der Waals surface area contributed by atoms with Gasteiger partial charge in [0.15, 0.2) is 0 Å². The zero-order valence-electron chi connectivity index (χ0n) is 11.9. The fourth-order valence-electron chi connectivity index (χ4n) is 2.64. The summed E-state index contributed by atoms with van der Waals surface area (Å²) in [6.45, 7) is 0.409. The molecule has 0 bridgehead atoms. The van der Waals surface area contributed by atoms with Gasteiger partial charge in [0.1, 0.15) is 12.4 Å². The number of halogens is 1. The van der Waals surface area contributed by atoms with E-state index in [-0.39, 0.29) is 0 Å². The maximum atomic E-state index is 10.6. The molecule has 1 aromatic rings. The lowest BCUT2D eigenvalue weighted by molar-refractivity contribution is -0.0173. The fraction of sp³-hybridized carbons (Fsp3) is 0.529. The van der Waals surface area contributed by atoms with Gasteiger partial charge < -0.3 is 9.84 Å². The number of ether oxygens (including phenoxy) is 1. The van der Waals surface area contributed by atoms with E-state index >= 15 is 0 Å². The number of hydrogen-bond acceptors (Lipinski definition) is 2. The van der Waals surface area contributed by atoms with Crippen LogP contribution in [0.25, 0.3) is 6.08 Å². The summed E-state index contributed by atoms with van der Waals surface area (Å²) < 4.78 is 6.84. The number of benzene rings is 1. The van der Waals surface area contributed by atoms with E-state index < -0.39 is 5.60 Å². The molecular weight excluding hydrogens is 363 g/mol. The molecule has 1 N–H and O–H groups in total. The standard InChI is InChI=1S/C17H23IO2/c18-12-6-8-15-7-5-9-16(13-15)20-14-17(19)10-3-1-2-4-11-17/h5-9,13,19H,1-4,10-12,14H2/b8-6+. The van der Waals surface area contributed by atoms with Crippen molar-refractivity contribution in [3.63, 3.8) is 0 Å². The Morgan fingerprint density at radius 2 is 1.95 bits per heavy atom. The summed E-state index contributed by atoms with van der Waals surface area (Å²) in [5.74, 6) is 0.846. The predicted molar refractivity (Wildman–Crippen MR) is 92.5 cm³/mol. The first-order chi connectivity index (χ1) is 9.72. The molecule has 0 aromatic heterocycles. The Hall–Kier alpha value is -0.550. The molecule has 0 aliphatic heterocycles. The minimum Gasteiger partial charge on any atom is -0.491 e. The van der Waals surface area contributed by atoms with Crippen LogP contribution in [-0.2, 0) is 0 Å². The number of allylic oxidation sites excluding steroid dienone is 1. The van der Waals surface area contributed by atoms with Crippen LogP contribution in [0.2, 0.25) is 0 Å². The van der Waals surface area contributed by atoms with Gasteiger partial charge in [-0.05, 0) is 30.5 Å². The largest absolute Gasteiger partial charge is 0.491 e. The topological polar surface area (TPSA) is 29.5 Å². The summed E-state index contributed by atoms with van der Waals surface area (Å²) in [6.07, 6.45) is 10.6. The summed E-state index contributed by atoms with van der Waals surface area (Å²) in [6, 6.07) is 8.06. The highest BCUT2D eigenvalue weighted by molar-refractivity contribution is 14.1. The van der Waals surface area contributed by atoms with Gasteiger partial charge in [0.2, 0.25) is 0 Å². The van der Waals surface area contributed by atoms with Crippen molar-refractivity contribution in [3.05, 3.63) is 35.9 Å². The van der Waals surface area contributed by atoms with E-state index in [1.807, 2.05) is 18.2 Å². The molecule has 3 heteroatoms. The lowest BCUT2D eigenvalue weighted by Gasteiger charge is -2.26. The summed E-state index contributed by atoms with van der Waals surface area (Å²) in [4.78, 5) is 0. The van der Waals surface area contributed by atoms with Crippen molar-refractivity contribution >= 4 is 28.7 Å². The molecular formula is C17H23IO2. The molecule has 0 radical (unpaired) electrons. The van der Waals surface area contributed by atoms with Crippen LogP contribution in [0, 0.1) is 0 Å². The van der Waals surface area contributed by atoms with Crippen molar-refractivity contribution < 1.29 is 9.84 Å². The van der Waals surface area contributed by atoms with Crippen LogP contribution in [0.3, 0.4) is 0 Å². The zero-order valence-corrected chi connectivity index (χ0v) is 14.0. The van der Waals surface area contributed by atoms with Gasteiger partial charge >= 0.3 is 0 Å². The zero-order chi connectivity index (χ0) is 14.3. The molecule has 0 saturated heterocycles. The normalized spacial score (nSPS) is 18.9. The Morgan fingerprint density at radius 3 is 2.65 bits per heavy atom. The summed E-state index contributed by atoms with van der Waals surface area (Å²) in [5.41, 5.74) is 0.511. The van der Waals surface area contributed by atoms with Gasteiger partial charge in [-0.25, -0.2) is 0 Å². The molecule has 1 fully saturated rings. The van der Waals surface area contributed by atoms with Gasteiger partial charge in [-0.3, -0.25) is 0 Å². The Kier molecular flexibility index (Phi) is 6.36. The Bertz CT molecular complexity index is 434. The first-order valence-corrected chi connectivity index (χ1v) is 8.92. The molecule has 2 rings (SSSR count). The number of rotatable bonds is 5. The Labute approximate surface area is 135 Å². The van der Waals surface area contributed by atoms with Crippen molar-refractivity contribution in [1.82, 2.24) is 0 Å². The number of hydrogen-bond donors (Lipinski definition) is 1. The molecule has 0 amide bonds. The molecule has 20 heavy (non-hydrogen) atoms. The molecule has 0 unspecified atom stereocenters. The average Bonchev–Trinajstić information content (AvgIpc) is 2.69. The lowest BCUT2D eigenvalue weighted by Crippen LogP contribution is -2.35. The number of alkyl halides is 1.